The number of hydrogen-bond acceptors (Lipinski definition) is 7. The van der Waals surface area contributed by atoms with Crippen molar-refractivity contribution in [3.05, 3.63) is 64.1 Å². The first-order valence-corrected chi connectivity index (χ1v) is 12.6. The van der Waals surface area contributed by atoms with Gasteiger partial charge in [0.25, 0.3) is 0 Å². The minimum absolute atomic E-state index is 0.0922. The van der Waals surface area contributed by atoms with E-state index in [0.717, 1.165) is 36.1 Å². The van der Waals surface area contributed by atoms with E-state index in [4.69, 9.17) is 37.3 Å². The van der Waals surface area contributed by atoms with Crippen LogP contribution in [0.4, 0.5) is 10.5 Å². The predicted octanol–water partition coefficient (Wildman–Crippen LogP) is 5.10. The van der Waals surface area contributed by atoms with Gasteiger partial charge in [0.15, 0.2) is 0 Å². The lowest BCUT2D eigenvalue weighted by Crippen LogP contribution is -2.35. The zero-order valence-corrected chi connectivity index (χ0v) is 21.7. The third-order valence-electron chi connectivity index (χ3n) is 6.07. The molecule has 1 saturated heterocycles. The summed E-state index contributed by atoms with van der Waals surface area (Å²) in [5, 5.41) is 8.85. The minimum Gasteiger partial charge on any atom is -0.379 e. The first-order valence-electron chi connectivity index (χ1n) is 11.9. The van der Waals surface area contributed by atoms with Gasteiger partial charge in [0.2, 0.25) is 11.7 Å². The second-order valence-electron chi connectivity index (χ2n) is 8.54. The van der Waals surface area contributed by atoms with E-state index in [9.17, 15) is 4.79 Å². The van der Waals surface area contributed by atoms with Gasteiger partial charge in [-0.2, -0.15) is 4.98 Å². The van der Waals surface area contributed by atoms with E-state index in [1.165, 1.54) is 0 Å². The van der Waals surface area contributed by atoms with Gasteiger partial charge in [-0.15, -0.1) is 0 Å². The minimum atomic E-state index is -0.516. The molecule has 37 heavy (non-hydrogen) atoms. The van der Waals surface area contributed by atoms with Gasteiger partial charge in [0.05, 0.1) is 31.0 Å². The van der Waals surface area contributed by atoms with Crippen LogP contribution in [-0.2, 0) is 29.3 Å². The maximum absolute atomic E-state index is 12.6. The molecule has 3 heterocycles. The van der Waals surface area contributed by atoms with Crippen LogP contribution in [-0.4, -0.2) is 51.9 Å². The molecule has 12 heteroatoms. The molecule has 2 aromatic carbocycles. The summed E-state index contributed by atoms with van der Waals surface area (Å²) in [4.78, 5) is 24.7. The molecule has 1 aliphatic heterocycles. The summed E-state index contributed by atoms with van der Waals surface area (Å²) >= 11 is 12.1. The maximum Gasteiger partial charge on any atom is 0.343 e. The zero-order chi connectivity index (χ0) is 25.8. The molecular formula is C25H26Cl2N6O4. The highest BCUT2D eigenvalue weighted by Gasteiger charge is 2.17. The van der Waals surface area contributed by atoms with E-state index in [1.807, 2.05) is 35.9 Å². The Morgan fingerprint density at radius 2 is 2.00 bits per heavy atom. The molecule has 0 atom stereocenters. The number of nitrogens with one attached hydrogen (secondary N) is 2. The highest BCUT2D eigenvalue weighted by atomic mass is 35.5. The Morgan fingerprint density at radius 1 is 1.16 bits per heavy atom. The number of morpholine rings is 1. The Bertz CT molecular complexity index is 1400. The third-order valence-corrected chi connectivity index (χ3v) is 6.65. The summed E-state index contributed by atoms with van der Waals surface area (Å²) in [7, 11) is 0. The number of hydrogen-bond donors (Lipinski definition) is 2. The third kappa shape index (κ3) is 6.06. The number of carbonyl (C=O) groups excluding carboxylic acids is 1. The second kappa shape index (κ2) is 11.5. The van der Waals surface area contributed by atoms with Crippen molar-refractivity contribution in [1.29, 1.82) is 0 Å². The van der Waals surface area contributed by atoms with Crippen molar-refractivity contribution in [2.24, 2.45) is 0 Å². The standard InChI is InChI=1S/C25H26Cl2N6O4/c1-2-33-13-21(28-25(34)31-36-15-17-3-5-18(26)12-20(17)27)19-11-16(4-6-22(19)33)24-29-23(37-30-24)14-32-7-9-35-10-8-32/h3-6,11-13H,2,7-10,14-15H2,1H3,(H2,28,31,34). The molecule has 4 aromatic rings. The van der Waals surface area contributed by atoms with Gasteiger partial charge in [-0.1, -0.05) is 34.4 Å². The van der Waals surface area contributed by atoms with Gasteiger partial charge < -0.3 is 19.1 Å². The zero-order valence-electron chi connectivity index (χ0n) is 20.2. The lowest BCUT2D eigenvalue weighted by molar-refractivity contribution is 0.0297. The molecule has 0 radical (unpaired) electrons. The van der Waals surface area contributed by atoms with E-state index in [0.29, 0.717) is 52.8 Å². The van der Waals surface area contributed by atoms with Gasteiger partial charge in [-0.3, -0.25) is 9.74 Å². The Kier molecular flexibility index (Phi) is 7.92. The average Bonchev–Trinajstić information content (AvgIpc) is 3.50. The SMILES string of the molecule is CCn1cc(NC(=O)NOCc2ccc(Cl)cc2Cl)c2cc(-c3noc(CN4CCOCC4)n3)ccc21. The van der Waals surface area contributed by atoms with Crippen molar-refractivity contribution >= 4 is 45.8 Å². The fourth-order valence-corrected chi connectivity index (χ4v) is 4.61. The van der Waals surface area contributed by atoms with Crippen LogP contribution in [0.5, 0.6) is 0 Å². The molecule has 1 fully saturated rings. The normalized spacial score (nSPS) is 14.2. The number of ether oxygens (including phenoxy) is 1. The monoisotopic (exact) mass is 544 g/mol. The highest BCUT2D eigenvalue weighted by molar-refractivity contribution is 6.35. The second-order valence-corrected chi connectivity index (χ2v) is 9.39. The summed E-state index contributed by atoms with van der Waals surface area (Å²) in [6.07, 6.45) is 1.88. The van der Waals surface area contributed by atoms with Crippen LogP contribution in [0.3, 0.4) is 0 Å². The lowest BCUT2D eigenvalue weighted by atomic mass is 10.1. The molecule has 0 bridgehead atoms. The van der Waals surface area contributed by atoms with Crippen LogP contribution in [0.25, 0.3) is 22.3 Å². The summed E-state index contributed by atoms with van der Waals surface area (Å²) < 4.78 is 12.9. The molecule has 2 aromatic heterocycles. The molecule has 1 aliphatic rings. The number of halogens is 2. The molecule has 0 unspecified atom stereocenters. The van der Waals surface area contributed by atoms with E-state index in [2.05, 4.69) is 25.8 Å². The first kappa shape index (κ1) is 25.5. The number of nitrogens with zero attached hydrogens (tertiary/aromatic N) is 4. The fourth-order valence-electron chi connectivity index (χ4n) is 4.15. The van der Waals surface area contributed by atoms with Gasteiger partial charge >= 0.3 is 6.03 Å². The predicted molar refractivity (Wildman–Crippen MR) is 140 cm³/mol. The molecule has 0 spiro atoms. The fraction of sp³-hybridized carbons (Fsp3) is 0.320. The number of aryl methyl sites for hydroxylation is 1. The van der Waals surface area contributed by atoms with Crippen LogP contribution >= 0.6 is 23.2 Å². The average molecular weight is 545 g/mol. The number of amides is 2. The van der Waals surface area contributed by atoms with Crippen molar-refractivity contribution in [2.45, 2.75) is 26.6 Å². The smallest absolute Gasteiger partial charge is 0.343 e. The molecule has 0 saturated carbocycles. The van der Waals surface area contributed by atoms with E-state index in [-0.39, 0.29) is 6.61 Å². The van der Waals surface area contributed by atoms with Gasteiger partial charge in [0, 0.05) is 46.8 Å². The first-order chi connectivity index (χ1) is 18.0. The molecule has 10 nitrogen and oxygen atoms in total. The molecule has 2 amide bonds. The van der Waals surface area contributed by atoms with Crippen LogP contribution in [0.15, 0.2) is 47.1 Å². The van der Waals surface area contributed by atoms with Crippen molar-refractivity contribution in [2.75, 3.05) is 31.6 Å². The van der Waals surface area contributed by atoms with Gasteiger partial charge in [-0.25, -0.2) is 10.3 Å². The summed E-state index contributed by atoms with van der Waals surface area (Å²) in [5.41, 5.74) is 5.48. The molecular weight excluding hydrogens is 519 g/mol. The number of carbonyl (C=O) groups is 1. The van der Waals surface area contributed by atoms with Crippen molar-refractivity contribution < 1.29 is 18.9 Å². The summed E-state index contributed by atoms with van der Waals surface area (Å²) in [6.45, 7) is 6.52. The van der Waals surface area contributed by atoms with E-state index in [1.54, 1.807) is 18.2 Å². The molecule has 5 rings (SSSR count). The van der Waals surface area contributed by atoms with Crippen molar-refractivity contribution in [3.8, 4) is 11.4 Å². The van der Waals surface area contributed by atoms with Gasteiger partial charge in [0.1, 0.15) is 6.61 Å². The molecule has 0 aliphatic carbocycles. The van der Waals surface area contributed by atoms with E-state index < -0.39 is 6.03 Å². The number of aromatic nitrogens is 3. The summed E-state index contributed by atoms with van der Waals surface area (Å²) in [5.74, 6) is 1.05. The van der Waals surface area contributed by atoms with Crippen LogP contribution in [0.2, 0.25) is 10.0 Å². The number of fused-ring (bicyclic) bond motifs is 1. The number of benzene rings is 2. The number of urea groups is 1. The topological polar surface area (TPSA) is 107 Å². The lowest BCUT2D eigenvalue weighted by Gasteiger charge is -2.24. The highest BCUT2D eigenvalue weighted by Crippen LogP contribution is 2.30. The summed E-state index contributed by atoms with van der Waals surface area (Å²) in [6, 6.07) is 10.4. The van der Waals surface area contributed by atoms with Gasteiger partial charge in [-0.05, 0) is 42.8 Å². The van der Waals surface area contributed by atoms with Crippen molar-refractivity contribution in [1.82, 2.24) is 25.1 Å². The molecule has 194 valence electrons. The Labute approximate surface area is 223 Å². The Balaban J connectivity index is 1.28. The Morgan fingerprint density at radius 3 is 2.78 bits per heavy atom. The largest absolute Gasteiger partial charge is 0.379 e. The number of rotatable bonds is 8. The number of hydroxylamine groups is 1. The Hall–Kier alpha value is -3.15. The maximum atomic E-state index is 12.6. The van der Waals surface area contributed by atoms with Crippen LogP contribution < -0.4 is 10.8 Å². The van der Waals surface area contributed by atoms with E-state index >= 15 is 0 Å². The van der Waals surface area contributed by atoms with Crippen molar-refractivity contribution in [3.63, 3.8) is 0 Å². The quantitative estimate of drug-likeness (QED) is 0.297. The number of anilines is 1. The molecule has 2 N–H and O–H groups in total. The van der Waals surface area contributed by atoms with Crippen LogP contribution in [0, 0.1) is 0 Å². The van der Waals surface area contributed by atoms with Crippen LogP contribution in [0.1, 0.15) is 18.4 Å².